The van der Waals surface area contributed by atoms with Crippen LogP contribution in [-0.2, 0) is 10.8 Å². The van der Waals surface area contributed by atoms with E-state index in [2.05, 4.69) is 160 Å². The number of anilines is 3. The lowest BCUT2D eigenvalue weighted by Crippen LogP contribution is -2.16. The number of hydrogen-bond acceptors (Lipinski definition) is 1. The van der Waals surface area contributed by atoms with Gasteiger partial charge in [0.15, 0.2) is 0 Å². The molecule has 0 atom stereocenters. The summed E-state index contributed by atoms with van der Waals surface area (Å²) in [5.74, 6) is 1.40. The number of benzene rings is 6. The Kier molecular flexibility index (Phi) is 8.43. The smallest absolute Gasteiger partial charge is 0.0465 e. The van der Waals surface area contributed by atoms with E-state index in [1.807, 2.05) is 0 Å². The van der Waals surface area contributed by atoms with Crippen molar-refractivity contribution >= 4 is 17.1 Å². The average molecular weight is 718 g/mol. The van der Waals surface area contributed by atoms with Crippen LogP contribution in [0.1, 0.15) is 137 Å². The van der Waals surface area contributed by atoms with Gasteiger partial charge in [-0.2, -0.15) is 0 Å². The van der Waals surface area contributed by atoms with Gasteiger partial charge in [0, 0.05) is 27.9 Å². The highest BCUT2D eigenvalue weighted by Gasteiger charge is 2.39. The van der Waals surface area contributed by atoms with Crippen molar-refractivity contribution in [3.63, 3.8) is 0 Å². The van der Waals surface area contributed by atoms with E-state index >= 15 is 0 Å². The van der Waals surface area contributed by atoms with E-state index in [9.17, 15) is 0 Å². The van der Waals surface area contributed by atoms with E-state index in [4.69, 9.17) is 0 Å². The topological polar surface area (TPSA) is 3.24 Å². The van der Waals surface area contributed by atoms with Crippen molar-refractivity contribution in [2.75, 3.05) is 4.90 Å². The van der Waals surface area contributed by atoms with Crippen molar-refractivity contribution in [3.8, 4) is 33.4 Å². The minimum absolute atomic E-state index is 0.0120. The van der Waals surface area contributed by atoms with Crippen molar-refractivity contribution in [1.82, 2.24) is 0 Å². The van der Waals surface area contributed by atoms with Gasteiger partial charge in [-0.05, 0) is 147 Å². The summed E-state index contributed by atoms with van der Waals surface area (Å²) >= 11 is 0. The lowest BCUT2D eigenvalue weighted by Gasteiger charge is -2.29. The molecule has 4 aliphatic carbocycles. The maximum absolute atomic E-state index is 2.51. The highest BCUT2D eigenvalue weighted by molar-refractivity contribution is 5.95. The molecule has 0 bridgehead atoms. The Bertz CT molecular complexity index is 2320. The van der Waals surface area contributed by atoms with Crippen molar-refractivity contribution in [1.29, 1.82) is 0 Å². The summed E-state index contributed by atoms with van der Waals surface area (Å²) in [6, 6.07) is 49.7. The van der Waals surface area contributed by atoms with Crippen LogP contribution in [0.25, 0.3) is 33.4 Å². The fourth-order valence-corrected chi connectivity index (χ4v) is 11.2. The van der Waals surface area contributed by atoms with Gasteiger partial charge in [0.2, 0.25) is 0 Å². The van der Waals surface area contributed by atoms with Crippen LogP contribution in [0.3, 0.4) is 0 Å². The summed E-state index contributed by atoms with van der Waals surface area (Å²) in [6.07, 6.45) is 13.5. The van der Waals surface area contributed by atoms with Crippen LogP contribution in [0.15, 0.2) is 127 Å². The van der Waals surface area contributed by atoms with Gasteiger partial charge in [0.05, 0.1) is 0 Å². The lowest BCUT2D eigenvalue weighted by atomic mass is 9.81. The number of fused-ring (bicyclic) bond motifs is 6. The molecule has 276 valence electrons. The maximum Gasteiger partial charge on any atom is 0.0465 e. The fraction of sp³-hybridized carbons (Fsp3) is 0.333. The zero-order valence-electron chi connectivity index (χ0n) is 33.3. The first-order valence-electron chi connectivity index (χ1n) is 21.3. The highest BCUT2D eigenvalue weighted by Crippen LogP contribution is 2.55. The third-order valence-corrected chi connectivity index (χ3v) is 14.3. The summed E-state index contributed by atoms with van der Waals surface area (Å²) in [5.41, 5.74) is 20.4. The molecule has 55 heavy (non-hydrogen) atoms. The third-order valence-electron chi connectivity index (χ3n) is 14.3. The average Bonchev–Trinajstić information content (AvgIpc) is 3.61. The first-order chi connectivity index (χ1) is 26.8. The summed E-state index contributed by atoms with van der Waals surface area (Å²) < 4.78 is 0. The van der Waals surface area contributed by atoms with Gasteiger partial charge in [-0.3, -0.25) is 0 Å². The molecule has 0 radical (unpaired) electrons. The summed E-state index contributed by atoms with van der Waals surface area (Å²) in [5, 5.41) is 0. The van der Waals surface area contributed by atoms with Crippen LogP contribution < -0.4 is 4.90 Å². The van der Waals surface area contributed by atoms with Crippen molar-refractivity contribution in [2.45, 2.75) is 115 Å². The Labute approximate surface area is 329 Å². The molecule has 0 heterocycles. The Balaban J connectivity index is 1.05. The highest BCUT2D eigenvalue weighted by atomic mass is 15.1. The molecule has 4 aliphatic rings. The maximum atomic E-state index is 2.51. The second kappa shape index (κ2) is 13.4. The van der Waals surface area contributed by atoms with Crippen LogP contribution in [-0.4, -0.2) is 0 Å². The lowest BCUT2D eigenvalue weighted by molar-refractivity contribution is 0.443. The third kappa shape index (κ3) is 5.72. The molecule has 6 aromatic carbocycles. The normalized spacial score (nSPS) is 18.3. The molecule has 1 heteroatoms. The quantitative estimate of drug-likeness (QED) is 0.166. The predicted molar refractivity (Wildman–Crippen MR) is 233 cm³/mol. The van der Waals surface area contributed by atoms with E-state index in [1.165, 1.54) is 148 Å². The molecule has 0 N–H and O–H groups in total. The van der Waals surface area contributed by atoms with Crippen LogP contribution >= 0.6 is 0 Å². The molecule has 0 aliphatic heterocycles. The van der Waals surface area contributed by atoms with Crippen LogP contribution in [0.5, 0.6) is 0 Å². The second-order valence-electron chi connectivity index (χ2n) is 18.2. The molecular formula is C54H55N. The van der Waals surface area contributed by atoms with Gasteiger partial charge in [0.25, 0.3) is 0 Å². The van der Waals surface area contributed by atoms with Gasteiger partial charge >= 0.3 is 0 Å². The Morgan fingerprint density at radius 2 is 0.927 bits per heavy atom. The summed E-state index contributed by atoms with van der Waals surface area (Å²) in [7, 11) is 0. The van der Waals surface area contributed by atoms with E-state index in [1.54, 1.807) is 0 Å². The number of nitrogens with zero attached hydrogens (tertiary/aromatic N) is 1. The number of hydrogen-bond donors (Lipinski definition) is 0. The first kappa shape index (κ1) is 34.6. The molecular weight excluding hydrogens is 663 g/mol. The summed E-state index contributed by atoms with van der Waals surface area (Å²) in [6.45, 7) is 9.59. The van der Waals surface area contributed by atoms with Crippen LogP contribution in [0.2, 0.25) is 0 Å². The Morgan fingerprint density at radius 1 is 0.400 bits per heavy atom. The molecule has 0 saturated heterocycles. The number of rotatable bonds is 6. The van der Waals surface area contributed by atoms with Crippen LogP contribution in [0.4, 0.5) is 17.1 Å². The van der Waals surface area contributed by atoms with Crippen molar-refractivity contribution in [2.24, 2.45) is 0 Å². The Morgan fingerprint density at radius 3 is 1.56 bits per heavy atom. The first-order valence-corrected chi connectivity index (χ1v) is 21.3. The molecule has 0 unspecified atom stereocenters. The molecule has 6 aromatic rings. The molecule has 2 fully saturated rings. The molecule has 0 amide bonds. The van der Waals surface area contributed by atoms with Gasteiger partial charge in [-0.25, -0.2) is 0 Å². The standard InChI is InChI=1S/C54H55N/c1-53(2)48-20-12-11-18-46(48)52-44(19-13-21-50(52)53)40-26-33-49-47(34-40)45-32-31-43(35-51(45)54(49,3)4)55(41-27-22-38(23-28-41)36-14-7-5-8-15-36)42-29-24-39(25-30-42)37-16-9-6-10-17-37/h11-13,18-37H,5-10,14-17H2,1-4H3. The second-order valence-corrected chi connectivity index (χ2v) is 18.2. The van der Waals surface area contributed by atoms with E-state index in [0.717, 1.165) is 0 Å². The molecule has 2 saturated carbocycles. The van der Waals surface area contributed by atoms with Crippen molar-refractivity contribution < 1.29 is 0 Å². The zero-order valence-corrected chi connectivity index (χ0v) is 33.3. The molecule has 1 nitrogen and oxygen atoms in total. The fourth-order valence-electron chi connectivity index (χ4n) is 11.2. The molecule has 10 rings (SSSR count). The zero-order chi connectivity index (χ0) is 37.3. The monoisotopic (exact) mass is 717 g/mol. The van der Waals surface area contributed by atoms with Crippen LogP contribution in [0, 0.1) is 0 Å². The van der Waals surface area contributed by atoms with E-state index < -0.39 is 0 Å². The SMILES string of the molecule is CC1(C)c2ccc(-c3cccc4c3-c3ccccc3C4(C)C)cc2-c2ccc(N(c3ccc(C4CCCCC4)cc3)c3ccc(C4CCCCC4)cc3)cc21. The largest absolute Gasteiger partial charge is 0.310 e. The van der Waals surface area contributed by atoms with E-state index in [-0.39, 0.29) is 10.8 Å². The minimum atomic E-state index is -0.117. The molecule has 0 aromatic heterocycles. The minimum Gasteiger partial charge on any atom is -0.310 e. The molecule has 0 spiro atoms. The van der Waals surface area contributed by atoms with Gasteiger partial charge in [0.1, 0.15) is 0 Å². The Hall–Kier alpha value is -4.88. The summed E-state index contributed by atoms with van der Waals surface area (Å²) in [4.78, 5) is 2.51. The van der Waals surface area contributed by atoms with Crippen molar-refractivity contribution in [3.05, 3.63) is 161 Å². The van der Waals surface area contributed by atoms with Gasteiger partial charge in [-0.1, -0.05) is 151 Å². The predicted octanol–water partition coefficient (Wildman–Crippen LogP) is 15.5. The van der Waals surface area contributed by atoms with Gasteiger partial charge < -0.3 is 4.90 Å². The van der Waals surface area contributed by atoms with E-state index in [0.29, 0.717) is 11.8 Å². The van der Waals surface area contributed by atoms with Gasteiger partial charge in [-0.15, -0.1) is 0 Å².